The third kappa shape index (κ3) is 4.97. The minimum atomic E-state index is -4.86. The molecule has 0 bridgehead atoms. The van der Waals surface area contributed by atoms with Gasteiger partial charge < -0.3 is 10.5 Å². The first kappa shape index (κ1) is 20.0. The molecule has 0 aromatic heterocycles. The van der Waals surface area contributed by atoms with Gasteiger partial charge in [0, 0.05) is 25.2 Å². The van der Waals surface area contributed by atoms with Gasteiger partial charge in [-0.05, 0) is 31.4 Å². The SMILES string of the molecule is CC(N)C1CCN(S(=O)(=O)c2cccc(OC(F)(F)F)c2)C1.Cl. The normalized spacial score (nSPS) is 20.8. The van der Waals surface area contributed by atoms with E-state index in [0.29, 0.717) is 13.0 Å². The summed E-state index contributed by atoms with van der Waals surface area (Å²) in [6.07, 6.45) is -4.23. The number of rotatable bonds is 4. The molecule has 1 aliphatic heterocycles. The molecule has 10 heteroatoms. The number of alkyl halides is 3. The molecule has 5 nitrogen and oxygen atoms in total. The van der Waals surface area contributed by atoms with Crippen molar-refractivity contribution in [3.8, 4) is 5.75 Å². The number of halogens is 4. The summed E-state index contributed by atoms with van der Waals surface area (Å²) in [6, 6.07) is 4.26. The number of nitrogens with zero attached hydrogens (tertiary/aromatic N) is 1. The fraction of sp³-hybridized carbons (Fsp3) is 0.538. The molecule has 0 amide bonds. The van der Waals surface area contributed by atoms with Crippen molar-refractivity contribution in [3.05, 3.63) is 24.3 Å². The highest BCUT2D eigenvalue weighted by atomic mass is 35.5. The second-order valence-corrected chi connectivity index (χ2v) is 7.23. The van der Waals surface area contributed by atoms with Gasteiger partial charge in [0.25, 0.3) is 0 Å². The van der Waals surface area contributed by atoms with Gasteiger partial charge in [-0.3, -0.25) is 0 Å². The molecule has 2 unspecified atom stereocenters. The van der Waals surface area contributed by atoms with Gasteiger partial charge in [-0.25, -0.2) is 8.42 Å². The van der Waals surface area contributed by atoms with Crippen LogP contribution in [0.25, 0.3) is 0 Å². The number of hydrogen-bond donors (Lipinski definition) is 1. The minimum Gasteiger partial charge on any atom is -0.406 e. The van der Waals surface area contributed by atoms with E-state index in [-0.39, 0.29) is 35.8 Å². The summed E-state index contributed by atoms with van der Waals surface area (Å²) in [7, 11) is -3.85. The highest BCUT2D eigenvalue weighted by molar-refractivity contribution is 7.89. The fourth-order valence-electron chi connectivity index (χ4n) is 2.38. The van der Waals surface area contributed by atoms with Crippen LogP contribution < -0.4 is 10.5 Å². The molecule has 0 spiro atoms. The molecule has 0 radical (unpaired) electrons. The minimum absolute atomic E-state index is 0. The largest absolute Gasteiger partial charge is 0.573 e. The van der Waals surface area contributed by atoms with E-state index in [2.05, 4.69) is 4.74 Å². The molecule has 2 atom stereocenters. The van der Waals surface area contributed by atoms with Gasteiger partial charge in [-0.1, -0.05) is 6.07 Å². The van der Waals surface area contributed by atoms with Crippen LogP contribution in [-0.4, -0.2) is 38.2 Å². The molecule has 1 saturated heterocycles. The number of benzene rings is 1. The van der Waals surface area contributed by atoms with Gasteiger partial charge in [-0.2, -0.15) is 4.31 Å². The molecule has 2 rings (SSSR count). The van der Waals surface area contributed by atoms with E-state index >= 15 is 0 Å². The van der Waals surface area contributed by atoms with Crippen LogP contribution in [0.15, 0.2) is 29.2 Å². The van der Waals surface area contributed by atoms with Crippen LogP contribution in [0.2, 0.25) is 0 Å². The zero-order valence-electron chi connectivity index (χ0n) is 12.3. The molecule has 1 aliphatic rings. The quantitative estimate of drug-likeness (QED) is 0.878. The van der Waals surface area contributed by atoms with E-state index in [1.165, 1.54) is 16.4 Å². The van der Waals surface area contributed by atoms with Crippen molar-refractivity contribution in [2.24, 2.45) is 11.7 Å². The molecular formula is C13H18ClF3N2O3S. The molecule has 132 valence electrons. The Hall–Kier alpha value is -1.03. The van der Waals surface area contributed by atoms with Crippen LogP contribution in [0.4, 0.5) is 13.2 Å². The average molecular weight is 375 g/mol. The van der Waals surface area contributed by atoms with Crippen molar-refractivity contribution in [1.29, 1.82) is 0 Å². The van der Waals surface area contributed by atoms with Crippen molar-refractivity contribution in [1.82, 2.24) is 4.31 Å². The lowest BCUT2D eigenvalue weighted by molar-refractivity contribution is -0.274. The summed E-state index contributed by atoms with van der Waals surface area (Å²) >= 11 is 0. The zero-order chi connectivity index (χ0) is 16.5. The Labute approximate surface area is 139 Å². The molecule has 0 aliphatic carbocycles. The Morgan fingerprint density at radius 2 is 2.04 bits per heavy atom. The summed E-state index contributed by atoms with van der Waals surface area (Å²) in [5.41, 5.74) is 5.77. The van der Waals surface area contributed by atoms with Crippen LogP contribution in [-0.2, 0) is 10.0 Å². The third-order valence-electron chi connectivity index (χ3n) is 3.61. The van der Waals surface area contributed by atoms with Gasteiger partial charge in [0.15, 0.2) is 0 Å². The van der Waals surface area contributed by atoms with E-state index in [0.717, 1.165) is 12.1 Å². The molecular weight excluding hydrogens is 357 g/mol. The van der Waals surface area contributed by atoms with Crippen molar-refractivity contribution >= 4 is 22.4 Å². The Balaban J connectivity index is 0.00000264. The van der Waals surface area contributed by atoms with Crippen molar-refractivity contribution in [2.45, 2.75) is 30.6 Å². The fourth-order valence-corrected chi connectivity index (χ4v) is 3.93. The van der Waals surface area contributed by atoms with Crippen LogP contribution >= 0.6 is 12.4 Å². The Morgan fingerprint density at radius 3 is 2.57 bits per heavy atom. The zero-order valence-corrected chi connectivity index (χ0v) is 13.9. The van der Waals surface area contributed by atoms with Gasteiger partial charge in [-0.15, -0.1) is 25.6 Å². The first-order valence-corrected chi connectivity index (χ1v) is 8.15. The standard InChI is InChI=1S/C13H17F3N2O3S.ClH/c1-9(17)10-5-6-18(8-10)22(19,20)12-4-2-3-11(7-12)21-13(14,15)16;/h2-4,7,9-10H,5-6,8,17H2,1H3;1H. The Bertz CT molecular complexity index is 638. The second kappa shape index (κ2) is 7.25. The highest BCUT2D eigenvalue weighted by Gasteiger charge is 2.35. The predicted molar refractivity (Wildman–Crippen MR) is 80.9 cm³/mol. The first-order valence-electron chi connectivity index (χ1n) is 6.71. The molecule has 1 heterocycles. The van der Waals surface area contributed by atoms with Gasteiger partial charge in [0.1, 0.15) is 5.75 Å². The first-order chi connectivity index (χ1) is 10.1. The van der Waals surface area contributed by atoms with E-state index in [4.69, 9.17) is 5.73 Å². The number of sulfonamides is 1. The van der Waals surface area contributed by atoms with E-state index in [9.17, 15) is 21.6 Å². The van der Waals surface area contributed by atoms with E-state index < -0.39 is 22.1 Å². The topological polar surface area (TPSA) is 72.6 Å². The smallest absolute Gasteiger partial charge is 0.406 e. The third-order valence-corrected chi connectivity index (χ3v) is 5.47. The second-order valence-electron chi connectivity index (χ2n) is 5.29. The molecule has 1 fully saturated rings. The summed E-state index contributed by atoms with van der Waals surface area (Å²) in [5, 5.41) is 0. The lowest BCUT2D eigenvalue weighted by Crippen LogP contribution is -2.33. The van der Waals surface area contributed by atoms with Crippen LogP contribution in [0.5, 0.6) is 5.75 Å². The molecule has 23 heavy (non-hydrogen) atoms. The van der Waals surface area contributed by atoms with Crippen molar-refractivity contribution in [2.75, 3.05) is 13.1 Å². The van der Waals surface area contributed by atoms with Gasteiger partial charge in [0.2, 0.25) is 10.0 Å². The summed E-state index contributed by atoms with van der Waals surface area (Å²) in [6.45, 7) is 2.38. The average Bonchev–Trinajstić information content (AvgIpc) is 2.87. The number of ether oxygens (including phenoxy) is 1. The summed E-state index contributed by atoms with van der Waals surface area (Å²) in [5.74, 6) is -0.513. The highest BCUT2D eigenvalue weighted by Crippen LogP contribution is 2.29. The van der Waals surface area contributed by atoms with Gasteiger partial charge in [0.05, 0.1) is 4.90 Å². The monoisotopic (exact) mass is 374 g/mol. The van der Waals surface area contributed by atoms with E-state index in [1.54, 1.807) is 6.92 Å². The molecule has 1 aromatic rings. The lowest BCUT2D eigenvalue weighted by Gasteiger charge is -2.18. The van der Waals surface area contributed by atoms with Gasteiger partial charge >= 0.3 is 6.36 Å². The summed E-state index contributed by atoms with van der Waals surface area (Å²) < 4.78 is 66.6. The Morgan fingerprint density at radius 1 is 1.39 bits per heavy atom. The maximum Gasteiger partial charge on any atom is 0.573 e. The number of hydrogen-bond acceptors (Lipinski definition) is 4. The maximum absolute atomic E-state index is 12.5. The van der Waals surface area contributed by atoms with Crippen LogP contribution in [0.1, 0.15) is 13.3 Å². The van der Waals surface area contributed by atoms with Crippen LogP contribution in [0, 0.1) is 5.92 Å². The molecule has 1 aromatic carbocycles. The van der Waals surface area contributed by atoms with Crippen LogP contribution in [0.3, 0.4) is 0 Å². The maximum atomic E-state index is 12.5. The summed E-state index contributed by atoms with van der Waals surface area (Å²) in [4.78, 5) is -0.223. The Kier molecular flexibility index (Phi) is 6.31. The lowest BCUT2D eigenvalue weighted by atomic mass is 10.0. The molecule has 2 N–H and O–H groups in total. The van der Waals surface area contributed by atoms with Crippen molar-refractivity contribution in [3.63, 3.8) is 0 Å². The van der Waals surface area contributed by atoms with Crippen molar-refractivity contribution < 1.29 is 26.3 Å². The van der Waals surface area contributed by atoms with E-state index in [1.807, 2.05) is 0 Å². The predicted octanol–water partition coefficient (Wildman–Crippen LogP) is 2.36. The molecule has 0 saturated carbocycles. The number of nitrogens with two attached hydrogens (primary N) is 1.